The Hall–Kier alpha value is -2.27. The van der Waals surface area contributed by atoms with Gasteiger partial charge in [-0.05, 0) is 42.7 Å². The van der Waals surface area contributed by atoms with Crippen LogP contribution in [0.15, 0.2) is 42.6 Å². The zero-order chi connectivity index (χ0) is 21.4. The number of hydrogen-bond acceptors (Lipinski definition) is 2. The molecule has 29 heavy (non-hydrogen) atoms. The molecule has 0 atom stereocenters. The summed E-state index contributed by atoms with van der Waals surface area (Å²) >= 11 is 6.06. The second-order valence-electron chi connectivity index (χ2n) is 7.87. The van der Waals surface area contributed by atoms with E-state index in [0.29, 0.717) is 36.1 Å². The maximum Gasteiger partial charge on any atom is 0.254 e. The Morgan fingerprint density at radius 1 is 1.14 bits per heavy atom. The average molecular weight is 418 g/mol. The van der Waals surface area contributed by atoms with Crippen molar-refractivity contribution in [3.05, 3.63) is 58.9 Å². The number of halogens is 1. The van der Waals surface area contributed by atoms with Gasteiger partial charge in [-0.1, -0.05) is 44.9 Å². The van der Waals surface area contributed by atoms with Crippen molar-refractivity contribution in [3.8, 4) is 0 Å². The Kier molecular flexibility index (Phi) is 8.77. The number of aromatic nitrogens is 1. The van der Waals surface area contributed by atoms with E-state index in [-0.39, 0.29) is 18.4 Å². The van der Waals surface area contributed by atoms with Gasteiger partial charge in [-0.3, -0.25) is 9.59 Å². The van der Waals surface area contributed by atoms with E-state index < -0.39 is 0 Å². The highest BCUT2D eigenvalue weighted by molar-refractivity contribution is 6.30. The lowest BCUT2D eigenvalue weighted by Crippen LogP contribution is -2.44. The van der Waals surface area contributed by atoms with Crippen LogP contribution >= 0.6 is 11.6 Å². The number of nitrogens with zero attached hydrogens (tertiary/aromatic N) is 3. The maximum absolute atomic E-state index is 13.2. The van der Waals surface area contributed by atoms with E-state index in [9.17, 15) is 9.59 Å². The molecule has 0 bridgehead atoms. The SMILES string of the molecule is CCCCN(CC(=O)N(Cc1cccn1C)CC(C)C)C(=O)c1cccc(Cl)c1. The monoisotopic (exact) mass is 417 g/mol. The molecule has 0 N–H and O–H groups in total. The number of rotatable bonds is 10. The van der Waals surface area contributed by atoms with Crippen molar-refractivity contribution >= 4 is 23.4 Å². The predicted molar refractivity (Wildman–Crippen MR) is 118 cm³/mol. The van der Waals surface area contributed by atoms with E-state index in [2.05, 4.69) is 20.8 Å². The summed E-state index contributed by atoms with van der Waals surface area (Å²) < 4.78 is 2.02. The third kappa shape index (κ3) is 6.93. The molecule has 0 fully saturated rings. The van der Waals surface area contributed by atoms with Gasteiger partial charge >= 0.3 is 0 Å². The average Bonchev–Trinajstić information content (AvgIpc) is 3.08. The summed E-state index contributed by atoms with van der Waals surface area (Å²) in [7, 11) is 1.98. The normalized spacial score (nSPS) is 11.0. The number of amides is 2. The minimum absolute atomic E-state index is 0.0358. The van der Waals surface area contributed by atoms with Crippen LogP contribution in [0, 0.1) is 5.92 Å². The number of unbranched alkanes of at least 4 members (excludes halogenated alkanes) is 1. The Morgan fingerprint density at radius 2 is 1.90 bits per heavy atom. The first-order chi connectivity index (χ1) is 13.8. The van der Waals surface area contributed by atoms with Gasteiger partial charge in [-0.15, -0.1) is 0 Å². The van der Waals surface area contributed by atoms with Crippen LogP contribution in [0.2, 0.25) is 5.02 Å². The zero-order valence-electron chi connectivity index (χ0n) is 17.9. The molecule has 2 aromatic rings. The number of aryl methyl sites for hydroxylation is 1. The highest BCUT2D eigenvalue weighted by Gasteiger charge is 2.23. The van der Waals surface area contributed by atoms with Gasteiger partial charge in [0.1, 0.15) is 6.54 Å². The molecular weight excluding hydrogens is 386 g/mol. The van der Waals surface area contributed by atoms with Crippen LogP contribution in [-0.2, 0) is 18.4 Å². The Balaban J connectivity index is 2.18. The van der Waals surface area contributed by atoms with Crippen LogP contribution in [0.5, 0.6) is 0 Å². The van der Waals surface area contributed by atoms with Crippen molar-refractivity contribution in [2.45, 2.75) is 40.2 Å². The van der Waals surface area contributed by atoms with Gasteiger partial charge in [-0.25, -0.2) is 0 Å². The molecule has 1 aromatic heterocycles. The molecule has 0 aliphatic heterocycles. The van der Waals surface area contributed by atoms with Crippen LogP contribution in [0.4, 0.5) is 0 Å². The van der Waals surface area contributed by atoms with Crippen LogP contribution in [0.25, 0.3) is 0 Å². The fourth-order valence-electron chi connectivity index (χ4n) is 3.22. The first kappa shape index (κ1) is 23.0. The van der Waals surface area contributed by atoms with Crippen molar-refractivity contribution in [1.29, 1.82) is 0 Å². The van der Waals surface area contributed by atoms with E-state index in [4.69, 9.17) is 11.6 Å². The molecule has 0 saturated carbocycles. The molecule has 0 aliphatic carbocycles. The minimum atomic E-state index is -0.155. The lowest BCUT2D eigenvalue weighted by Gasteiger charge is -2.29. The lowest BCUT2D eigenvalue weighted by atomic mass is 10.1. The van der Waals surface area contributed by atoms with Crippen LogP contribution < -0.4 is 0 Å². The van der Waals surface area contributed by atoms with Crippen molar-refractivity contribution in [1.82, 2.24) is 14.4 Å². The predicted octanol–water partition coefficient (Wildman–Crippen LogP) is 4.61. The summed E-state index contributed by atoms with van der Waals surface area (Å²) in [5.41, 5.74) is 1.58. The summed E-state index contributed by atoms with van der Waals surface area (Å²) in [5.74, 6) is 0.149. The summed E-state index contributed by atoms with van der Waals surface area (Å²) in [5, 5.41) is 0.516. The number of carbonyl (C=O) groups excluding carboxylic acids is 2. The van der Waals surface area contributed by atoms with Gasteiger partial charge < -0.3 is 14.4 Å². The summed E-state index contributed by atoms with van der Waals surface area (Å²) in [4.78, 5) is 29.7. The Bertz CT molecular complexity index is 816. The molecule has 158 valence electrons. The fraction of sp³-hybridized carbons (Fsp3) is 0.478. The first-order valence-electron chi connectivity index (χ1n) is 10.2. The lowest BCUT2D eigenvalue weighted by molar-refractivity contribution is -0.133. The molecule has 0 spiro atoms. The third-order valence-electron chi connectivity index (χ3n) is 4.81. The van der Waals surface area contributed by atoms with E-state index in [1.807, 2.05) is 34.8 Å². The van der Waals surface area contributed by atoms with Gasteiger partial charge in [0.05, 0.1) is 6.54 Å². The van der Waals surface area contributed by atoms with E-state index in [1.165, 1.54) is 0 Å². The smallest absolute Gasteiger partial charge is 0.254 e. The van der Waals surface area contributed by atoms with Gasteiger partial charge in [0.15, 0.2) is 0 Å². The van der Waals surface area contributed by atoms with Gasteiger partial charge in [0, 0.05) is 42.6 Å². The quantitative estimate of drug-likeness (QED) is 0.566. The van der Waals surface area contributed by atoms with Crippen molar-refractivity contribution < 1.29 is 9.59 Å². The molecule has 2 amide bonds. The first-order valence-corrected chi connectivity index (χ1v) is 10.6. The molecule has 0 saturated heterocycles. The van der Waals surface area contributed by atoms with Gasteiger partial charge in [0.25, 0.3) is 5.91 Å². The molecule has 1 aromatic carbocycles. The molecule has 0 aliphatic rings. The number of benzene rings is 1. The zero-order valence-corrected chi connectivity index (χ0v) is 18.7. The maximum atomic E-state index is 13.2. The van der Waals surface area contributed by atoms with Crippen molar-refractivity contribution in [2.24, 2.45) is 13.0 Å². The molecule has 1 heterocycles. The van der Waals surface area contributed by atoms with Crippen LogP contribution in [-0.4, -0.2) is 45.8 Å². The number of hydrogen-bond donors (Lipinski definition) is 0. The van der Waals surface area contributed by atoms with Crippen LogP contribution in [0.3, 0.4) is 0 Å². The van der Waals surface area contributed by atoms with Crippen LogP contribution in [0.1, 0.15) is 49.7 Å². The standard InChI is InChI=1S/C23H32ClN3O2/c1-5-6-13-26(23(29)19-9-7-10-20(24)14-19)17-22(28)27(15-18(2)3)16-21-11-8-12-25(21)4/h7-12,14,18H,5-6,13,15-17H2,1-4H3. The summed E-state index contributed by atoms with van der Waals surface area (Å²) in [6.07, 6.45) is 3.78. The number of carbonyl (C=O) groups is 2. The van der Waals surface area contributed by atoms with Gasteiger partial charge in [0.2, 0.25) is 5.91 Å². The fourth-order valence-corrected chi connectivity index (χ4v) is 3.41. The molecule has 5 nitrogen and oxygen atoms in total. The topological polar surface area (TPSA) is 45.6 Å². The minimum Gasteiger partial charge on any atom is -0.353 e. The Morgan fingerprint density at radius 3 is 2.48 bits per heavy atom. The molecule has 6 heteroatoms. The molecule has 0 radical (unpaired) electrons. The van der Waals surface area contributed by atoms with Crippen molar-refractivity contribution in [2.75, 3.05) is 19.6 Å². The molecule has 2 rings (SSSR count). The summed E-state index contributed by atoms with van der Waals surface area (Å²) in [6.45, 7) is 8.07. The van der Waals surface area contributed by atoms with Crippen molar-refractivity contribution in [3.63, 3.8) is 0 Å². The van der Waals surface area contributed by atoms with Gasteiger partial charge in [-0.2, -0.15) is 0 Å². The second kappa shape index (κ2) is 11.1. The van der Waals surface area contributed by atoms with E-state index >= 15 is 0 Å². The van der Waals surface area contributed by atoms with E-state index in [1.54, 1.807) is 29.2 Å². The summed E-state index contributed by atoms with van der Waals surface area (Å²) in [6, 6.07) is 10.9. The Labute approximate surface area is 179 Å². The van der Waals surface area contributed by atoms with E-state index in [0.717, 1.165) is 18.5 Å². The third-order valence-corrected chi connectivity index (χ3v) is 5.04. The second-order valence-corrected chi connectivity index (χ2v) is 8.31. The molecular formula is C23H32ClN3O2. The molecule has 0 unspecified atom stereocenters. The highest BCUT2D eigenvalue weighted by Crippen LogP contribution is 2.15. The highest BCUT2D eigenvalue weighted by atomic mass is 35.5. The largest absolute Gasteiger partial charge is 0.353 e.